The number of aliphatic carboxylic acids is 1. The summed E-state index contributed by atoms with van der Waals surface area (Å²) < 4.78 is 5.59. The summed E-state index contributed by atoms with van der Waals surface area (Å²) in [5.74, 6) is -0.500. The Bertz CT molecular complexity index is 951. The normalized spacial score (nSPS) is 13.0. The van der Waals surface area contributed by atoms with Crippen molar-refractivity contribution in [3.63, 3.8) is 0 Å². The summed E-state index contributed by atoms with van der Waals surface area (Å²) >= 11 is 1.59. The number of nitrogens with zero attached hydrogens (tertiary/aromatic N) is 1. The number of thioether (sulfide) groups is 1. The van der Waals surface area contributed by atoms with Crippen LogP contribution in [0.1, 0.15) is 36.3 Å². The second kappa shape index (κ2) is 11.7. The van der Waals surface area contributed by atoms with Gasteiger partial charge in [0.25, 0.3) is 0 Å². The average Bonchev–Trinajstić information content (AvgIpc) is 3.13. The highest BCUT2D eigenvalue weighted by molar-refractivity contribution is 7.98. The molecule has 33 heavy (non-hydrogen) atoms. The predicted octanol–water partition coefficient (Wildman–Crippen LogP) is 3.97. The van der Waals surface area contributed by atoms with Crippen LogP contribution in [-0.2, 0) is 14.3 Å². The maximum Gasteiger partial charge on any atom is 0.407 e. The molecule has 0 aromatic heterocycles. The number of likely N-dealkylation sites (N-methyl/N-ethyl adjacent to an activating group) is 1. The minimum absolute atomic E-state index is 0.00704. The molecule has 1 aliphatic carbocycles. The molecule has 0 aliphatic heterocycles. The van der Waals surface area contributed by atoms with E-state index in [1.54, 1.807) is 18.8 Å². The number of nitrogens with one attached hydrogen (secondary N) is 1. The van der Waals surface area contributed by atoms with E-state index in [2.05, 4.69) is 29.6 Å². The fourth-order valence-electron chi connectivity index (χ4n) is 4.12. The molecule has 2 amide bonds. The fraction of sp³-hybridized carbons (Fsp3) is 0.400. The molecule has 176 valence electrons. The molecule has 2 aromatic rings. The van der Waals surface area contributed by atoms with Crippen molar-refractivity contribution in [3.05, 3.63) is 59.7 Å². The van der Waals surface area contributed by atoms with Crippen LogP contribution in [0.5, 0.6) is 0 Å². The largest absolute Gasteiger partial charge is 0.481 e. The SMILES string of the molecule is CSCCC(NC(=O)OCC1c2ccccc2-c2ccccc21)C(=O)N(C)CCCC(=O)O. The van der Waals surface area contributed by atoms with Gasteiger partial charge in [-0.25, -0.2) is 4.79 Å². The third-order valence-electron chi connectivity index (χ3n) is 5.80. The van der Waals surface area contributed by atoms with Gasteiger partial charge < -0.3 is 20.1 Å². The van der Waals surface area contributed by atoms with Crippen molar-refractivity contribution in [2.75, 3.05) is 32.2 Å². The summed E-state index contributed by atoms with van der Waals surface area (Å²) in [6.45, 7) is 0.491. The number of amides is 2. The van der Waals surface area contributed by atoms with Gasteiger partial charge in [0, 0.05) is 25.9 Å². The summed E-state index contributed by atoms with van der Waals surface area (Å²) in [6, 6.07) is 15.5. The lowest BCUT2D eigenvalue weighted by Gasteiger charge is -2.24. The molecule has 8 heteroatoms. The molecule has 1 atom stereocenters. The van der Waals surface area contributed by atoms with Gasteiger partial charge in [0.2, 0.25) is 5.91 Å². The Morgan fingerprint density at radius 3 is 2.27 bits per heavy atom. The first kappa shape index (κ1) is 24.6. The Morgan fingerprint density at radius 2 is 1.70 bits per heavy atom. The van der Waals surface area contributed by atoms with Crippen LogP contribution in [0.15, 0.2) is 48.5 Å². The number of rotatable bonds is 11. The zero-order chi connectivity index (χ0) is 23.8. The van der Waals surface area contributed by atoms with Gasteiger partial charge in [0.15, 0.2) is 0 Å². The topological polar surface area (TPSA) is 95.9 Å². The average molecular weight is 471 g/mol. The molecule has 0 fully saturated rings. The van der Waals surface area contributed by atoms with Crippen LogP contribution < -0.4 is 5.32 Å². The van der Waals surface area contributed by atoms with E-state index < -0.39 is 18.1 Å². The number of fused-ring (bicyclic) bond motifs is 3. The lowest BCUT2D eigenvalue weighted by Crippen LogP contribution is -2.48. The maximum absolute atomic E-state index is 12.8. The Kier molecular flexibility index (Phi) is 8.77. The smallest absolute Gasteiger partial charge is 0.407 e. The molecule has 0 heterocycles. The monoisotopic (exact) mass is 470 g/mol. The van der Waals surface area contributed by atoms with Crippen molar-refractivity contribution in [2.24, 2.45) is 0 Å². The van der Waals surface area contributed by atoms with Gasteiger partial charge in [0.1, 0.15) is 12.6 Å². The molecule has 0 spiro atoms. The van der Waals surface area contributed by atoms with Gasteiger partial charge >= 0.3 is 12.1 Å². The number of ether oxygens (including phenoxy) is 1. The lowest BCUT2D eigenvalue weighted by atomic mass is 9.98. The van der Waals surface area contributed by atoms with Gasteiger partial charge in [-0.15, -0.1) is 0 Å². The first-order valence-corrected chi connectivity index (χ1v) is 12.4. The lowest BCUT2D eigenvalue weighted by molar-refractivity contribution is -0.138. The van der Waals surface area contributed by atoms with E-state index in [4.69, 9.17) is 9.84 Å². The third-order valence-corrected chi connectivity index (χ3v) is 6.45. The maximum atomic E-state index is 12.8. The van der Waals surface area contributed by atoms with Crippen molar-refractivity contribution in [3.8, 4) is 11.1 Å². The Balaban J connectivity index is 1.61. The van der Waals surface area contributed by atoms with Gasteiger partial charge in [-0.05, 0) is 47.1 Å². The molecule has 2 N–H and O–H groups in total. The summed E-state index contributed by atoms with van der Waals surface area (Å²) in [6.07, 6.45) is 2.12. The Hall–Kier alpha value is -3.00. The number of hydrogen-bond donors (Lipinski definition) is 2. The first-order valence-electron chi connectivity index (χ1n) is 11.0. The second-order valence-corrected chi connectivity index (χ2v) is 9.05. The van der Waals surface area contributed by atoms with Crippen LogP contribution in [0, 0.1) is 0 Å². The molecule has 0 saturated heterocycles. The molecule has 0 radical (unpaired) electrons. The zero-order valence-electron chi connectivity index (χ0n) is 19.0. The number of carboxylic acid groups (broad SMARTS) is 1. The first-order chi connectivity index (χ1) is 15.9. The van der Waals surface area contributed by atoms with Crippen LogP contribution >= 0.6 is 11.8 Å². The van der Waals surface area contributed by atoms with E-state index in [0.717, 1.165) is 22.3 Å². The van der Waals surface area contributed by atoms with Crippen molar-refractivity contribution in [1.82, 2.24) is 10.2 Å². The van der Waals surface area contributed by atoms with E-state index in [9.17, 15) is 14.4 Å². The van der Waals surface area contributed by atoms with E-state index in [1.807, 2.05) is 30.5 Å². The highest BCUT2D eigenvalue weighted by Crippen LogP contribution is 2.44. The molecule has 0 saturated carbocycles. The second-order valence-electron chi connectivity index (χ2n) is 8.06. The number of carboxylic acids is 1. The summed E-state index contributed by atoms with van der Waals surface area (Å²) in [7, 11) is 1.62. The minimum Gasteiger partial charge on any atom is -0.481 e. The molecule has 7 nitrogen and oxygen atoms in total. The number of benzene rings is 2. The highest BCUT2D eigenvalue weighted by atomic mass is 32.2. The summed E-state index contributed by atoms with van der Waals surface area (Å²) in [4.78, 5) is 37.7. The van der Waals surface area contributed by atoms with Crippen LogP contribution in [0.3, 0.4) is 0 Å². The Morgan fingerprint density at radius 1 is 1.09 bits per heavy atom. The van der Waals surface area contributed by atoms with Crippen LogP contribution in [0.4, 0.5) is 4.79 Å². The molecule has 1 aliphatic rings. The summed E-state index contributed by atoms with van der Waals surface area (Å²) in [5.41, 5.74) is 4.55. The molecular formula is C25H30N2O5S. The van der Waals surface area contributed by atoms with Crippen LogP contribution in [0.2, 0.25) is 0 Å². The Labute approximate surface area is 198 Å². The molecular weight excluding hydrogens is 440 g/mol. The summed E-state index contributed by atoms with van der Waals surface area (Å²) in [5, 5.41) is 11.5. The quantitative estimate of drug-likeness (QED) is 0.516. The van der Waals surface area contributed by atoms with E-state index in [1.165, 1.54) is 4.90 Å². The van der Waals surface area contributed by atoms with Crippen molar-refractivity contribution < 1.29 is 24.2 Å². The van der Waals surface area contributed by atoms with Crippen LogP contribution in [-0.4, -0.2) is 66.2 Å². The molecule has 1 unspecified atom stereocenters. The fourth-order valence-corrected chi connectivity index (χ4v) is 4.59. The standard InChI is InChI=1S/C25H30N2O5S/c1-27(14-7-12-23(28)29)24(30)22(13-15-33-2)26-25(31)32-16-21-19-10-5-3-8-17(19)18-9-4-6-11-20(18)21/h3-6,8-11,21-22H,7,12-16H2,1-2H3,(H,26,31)(H,28,29). The van der Waals surface area contributed by atoms with Gasteiger partial charge in [-0.2, -0.15) is 11.8 Å². The number of carbonyl (C=O) groups is 3. The van der Waals surface area contributed by atoms with Crippen LogP contribution in [0.25, 0.3) is 11.1 Å². The molecule has 0 bridgehead atoms. The predicted molar refractivity (Wildman–Crippen MR) is 129 cm³/mol. The molecule has 3 rings (SSSR count). The minimum atomic E-state index is -0.897. The highest BCUT2D eigenvalue weighted by Gasteiger charge is 2.30. The van der Waals surface area contributed by atoms with E-state index >= 15 is 0 Å². The zero-order valence-corrected chi connectivity index (χ0v) is 19.8. The van der Waals surface area contributed by atoms with E-state index in [0.29, 0.717) is 25.1 Å². The van der Waals surface area contributed by atoms with Gasteiger partial charge in [-0.1, -0.05) is 48.5 Å². The van der Waals surface area contributed by atoms with Gasteiger partial charge in [0.05, 0.1) is 0 Å². The molecule has 2 aromatic carbocycles. The third kappa shape index (κ3) is 6.28. The van der Waals surface area contributed by atoms with E-state index in [-0.39, 0.29) is 24.9 Å². The van der Waals surface area contributed by atoms with Crippen molar-refractivity contribution in [1.29, 1.82) is 0 Å². The van der Waals surface area contributed by atoms with Gasteiger partial charge in [-0.3, -0.25) is 9.59 Å². The number of hydrogen-bond acceptors (Lipinski definition) is 5. The number of carbonyl (C=O) groups excluding carboxylic acids is 2. The van der Waals surface area contributed by atoms with Crippen molar-refractivity contribution in [2.45, 2.75) is 31.2 Å². The van der Waals surface area contributed by atoms with Crippen molar-refractivity contribution >= 4 is 29.7 Å². The number of alkyl carbamates (subject to hydrolysis) is 1.